The molecule has 0 aliphatic rings. The van der Waals surface area contributed by atoms with Gasteiger partial charge >= 0.3 is 0 Å². The highest BCUT2D eigenvalue weighted by atomic mass is 35.5. The smallest absolute Gasteiger partial charge is 0.136 e. The second kappa shape index (κ2) is 5.31. The lowest BCUT2D eigenvalue weighted by molar-refractivity contribution is 0.885. The quantitative estimate of drug-likeness (QED) is 0.640. The fourth-order valence-corrected chi connectivity index (χ4v) is 2.56. The Kier molecular flexibility index (Phi) is 3.51. The molecule has 0 spiro atoms. The van der Waals surface area contributed by atoms with Gasteiger partial charge in [0.05, 0.1) is 16.4 Å². The fraction of sp³-hybridized carbons (Fsp3) is 0.0625. The molecule has 2 nitrogen and oxygen atoms in total. The van der Waals surface area contributed by atoms with E-state index in [1.54, 1.807) is 4.68 Å². The maximum atomic E-state index is 6.41. The van der Waals surface area contributed by atoms with Crippen LogP contribution in [0.1, 0.15) is 5.56 Å². The van der Waals surface area contributed by atoms with Crippen LogP contribution in [-0.4, -0.2) is 9.78 Å². The Morgan fingerprint density at radius 1 is 0.900 bits per heavy atom. The van der Waals surface area contributed by atoms with Gasteiger partial charge in [0.2, 0.25) is 0 Å². The molecule has 0 radical (unpaired) electrons. The van der Waals surface area contributed by atoms with E-state index in [9.17, 15) is 0 Å². The van der Waals surface area contributed by atoms with Gasteiger partial charge in [-0.1, -0.05) is 65.7 Å². The Morgan fingerprint density at radius 2 is 1.55 bits per heavy atom. The summed E-state index contributed by atoms with van der Waals surface area (Å²) in [6, 6.07) is 17.5. The third-order valence-corrected chi connectivity index (χ3v) is 3.94. The Morgan fingerprint density at radius 3 is 2.25 bits per heavy atom. The summed E-state index contributed by atoms with van der Waals surface area (Å²) in [5.74, 6) is 0. The Hall–Kier alpha value is -1.77. The topological polar surface area (TPSA) is 17.8 Å². The van der Waals surface area contributed by atoms with E-state index < -0.39 is 0 Å². The second-order valence-corrected chi connectivity index (χ2v) is 5.26. The molecule has 0 aliphatic carbocycles. The van der Waals surface area contributed by atoms with Crippen molar-refractivity contribution in [1.29, 1.82) is 0 Å². The van der Waals surface area contributed by atoms with Crippen LogP contribution in [0.5, 0.6) is 0 Å². The molecule has 0 N–H and O–H groups in total. The first-order chi connectivity index (χ1) is 9.68. The van der Waals surface area contributed by atoms with E-state index in [-0.39, 0.29) is 0 Å². The number of nitrogens with zero attached hydrogens (tertiary/aromatic N) is 2. The number of rotatable bonds is 2. The minimum Gasteiger partial charge on any atom is -0.220 e. The van der Waals surface area contributed by atoms with Crippen molar-refractivity contribution in [1.82, 2.24) is 9.78 Å². The molecule has 100 valence electrons. The van der Waals surface area contributed by atoms with E-state index in [4.69, 9.17) is 23.2 Å². The highest BCUT2D eigenvalue weighted by molar-refractivity contribution is 6.33. The minimum atomic E-state index is 0.581. The summed E-state index contributed by atoms with van der Waals surface area (Å²) < 4.78 is 1.68. The van der Waals surface area contributed by atoms with Crippen molar-refractivity contribution < 1.29 is 0 Å². The Labute approximate surface area is 127 Å². The van der Waals surface area contributed by atoms with E-state index in [2.05, 4.69) is 5.10 Å². The molecule has 1 aromatic heterocycles. The standard InChI is InChI=1S/C16H12Cl2N2/c1-11-15(12-7-3-2-4-8-12)19-20(16(11)18)14-10-6-5-9-13(14)17/h2-10H,1H3. The SMILES string of the molecule is Cc1c(-c2ccccc2)nn(-c2ccccc2Cl)c1Cl. The van der Waals surface area contributed by atoms with E-state index in [1.807, 2.05) is 61.5 Å². The molecule has 0 fully saturated rings. The molecule has 3 aromatic rings. The van der Waals surface area contributed by atoms with E-state index >= 15 is 0 Å². The largest absolute Gasteiger partial charge is 0.220 e. The molecule has 1 heterocycles. The zero-order chi connectivity index (χ0) is 14.1. The number of benzene rings is 2. The minimum absolute atomic E-state index is 0.581. The van der Waals surface area contributed by atoms with Gasteiger partial charge < -0.3 is 0 Å². The average Bonchev–Trinajstić information content (AvgIpc) is 2.77. The normalized spacial score (nSPS) is 10.8. The van der Waals surface area contributed by atoms with Crippen molar-refractivity contribution >= 4 is 23.2 Å². The number of aromatic nitrogens is 2. The average molecular weight is 303 g/mol. The van der Waals surface area contributed by atoms with Gasteiger partial charge in [0.25, 0.3) is 0 Å². The number of halogens is 2. The van der Waals surface area contributed by atoms with Crippen LogP contribution >= 0.6 is 23.2 Å². The van der Waals surface area contributed by atoms with E-state index in [0.717, 1.165) is 22.5 Å². The van der Waals surface area contributed by atoms with Gasteiger partial charge in [-0.3, -0.25) is 0 Å². The van der Waals surface area contributed by atoms with Crippen molar-refractivity contribution in [3.8, 4) is 16.9 Å². The van der Waals surface area contributed by atoms with Crippen molar-refractivity contribution in [2.75, 3.05) is 0 Å². The van der Waals surface area contributed by atoms with Crippen molar-refractivity contribution in [2.45, 2.75) is 6.92 Å². The molecular formula is C16H12Cl2N2. The monoisotopic (exact) mass is 302 g/mol. The lowest BCUT2D eigenvalue weighted by Gasteiger charge is -2.04. The van der Waals surface area contributed by atoms with Gasteiger partial charge in [0, 0.05) is 11.1 Å². The highest BCUT2D eigenvalue weighted by Crippen LogP contribution is 2.31. The van der Waals surface area contributed by atoms with Gasteiger partial charge in [0.15, 0.2) is 0 Å². The summed E-state index contributed by atoms with van der Waals surface area (Å²) >= 11 is 12.6. The van der Waals surface area contributed by atoms with Gasteiger partial charge in [-0.05, 0) is 19.1 Å². The number of hydrogen-bond donors (Lipinski definition) is 0. The molecule has 0 atom stereocenters. The van der Waals surface area contributed by atoms with Crippen LogP contribution in [0.25, 0.3) is 16.9 Å². The zero-order valence-electron chi connectivity index (χ0n) is 10.8. The molecule has 4 heteroatoms. The maximum Gasteiger partial charge on any atom is 0.136 e. The van der Waals surface area contributed by atoms with Crippen molar-refractivity contribution in [3.05, 3.63) is 70.3 Å². The summed E-state index contributed by atoms with van der Waals surface area (Å²) in [7, 11) is 0. The first kappa shape index (κ1) is 13.2. The Bertz CT molecular complexity index is 748. The lowest BCUT2D eigenvalue weighted by atomic mass is 10.1. The van der Waals surface area contributed by atoms with Crippen LogP contribution in [0, 0.1) is 6.92 Å². The van der Waals surface area contributed by atoms with Crippen molar-refractivity contribution in [3.63, 3.8) is 0 Å². The van der Waals surface area contributed by atoms with Crippen LogP contribution in [0.15, 0.2) is 54.6 Å². The van der Waals surface area contributed by atoms with E-state index in [0.29, 0.717) is 10.2 Å². The van der Waals surface area contributed by atoms with Crippen LogP contribution in [0.4, 0.5) is 0 Å². The van der Waals surface area contributed by atoms with Gasteiger partial charge in [-0.25, -0.2) is 4.68 Å². The highest BCUT2D eigenvalue weighted by Gasteiger charge is 2.16. The summed E-state index contributed by atoms with van der Waals surface area (Å²) in [5.41, 5.74) is 3.63. The number of para-hydroxylation sites is 1. The van der Waals surface area contributed by atoms with Crippen molar-refractivity contribution in [2.24, 2.45) is 0 Å². The molecule has 20 heavy (non-hydrogen) atoms. The molecule has 0 saturated carbocycles. The van der Waals surface area contributed by atoms with E-state index in [1.165, 1.54) is 0 Å². The van der Waals surface area contributed by atoms with Crippen LogP contribution in [-0.2, 0) is 0 Å². The molecule has 0 amide bonds. The third-order valence-electron chi connectivity index (χ3n) is 3.18. The maximum absolute atomic E-state index is 6.41. The fourth-order valence-electron chi connectivity index (χ4n) is 2.13. The summed E-state index contributed by atoms with van der Waals surface area (Å²) in [5, 5.41) is 5.81. The molecule has 3 rings (SSSR count). The van der Waals surface area contributed by atoms with Crippen LogP contribution in [0.2, 0.25) is 10.2 Å². The summed E-state index contributed by atoms with van der Waals surface area (Å²) in [4.78, 5) is 0. The Balaban J connectivity index is 2.19. The van der Waals surface area contributed by atoms with Gasteiger partial charge in [0.1, 0.15) is 5.15 Å². The number of hydrogen-bond acceptors (Lipinski definition) is 1. The zero-order valence-corrected chi connectivity index (χ0v) is 12.4. The summed E-state index contributed by atoms with van der Waals surface area (Å²) in [6.45, 7) is 1.96. The van der Waals surface area contributed by atoms with Crippen LogP contribution < -0.4 is 0 Å². The molecule has 0 bridgehead atoms. The van der Waals surface area contributed by atoms with Gasteiger partial charge in [-0.2, -0.15) is 5.10 Å². The molecule has 2 aromatic carbocycles. The first-order valence-electron chi connectivity index (χ1n) is 6.24. The predicted octanol–water partition coefficient (Wildman–Crippen LogP) is 5.15. The van der Waals surface area contributed by atoms with Crippen LogP contribution in [0.3, 0.4) is 0 Å². The lowest BCUT2D eigenvalue weighted by Crippen LogP contribution is -1.97. The molecule has 0 saturated heterocycles. The second-order valence-electron chi connectivity index (χ2n) is 4.49. The first-order valence-corrected chi connectivity index (χ1v) is 6.99. The van der Waals surface area contributed by atoms with Gasteiger partial charge in [-0.15, -0.1) is 0 Å². The molecular weight excluding hydrogens is 291 g/mol. The summed E-state index contributed by atoms with van der Waals surface area (Å²) in [6.07, 6.45) is 0. The third kappa shape index (κ3) is 2.21. The molecule has 0 aliphatic heterocycles. The predicted molar refractivity (Wildman–Crippen MR) is 83.8 cm³/mol. The molecule has 0 unspecified atom stereocenters.